The number of carbonyl (C=O) groups excluding carboxylic acids is 2. The molecular weight excluding hydrogens is 423 g/mol. The van der Waals surface area contributed by atoms with E-state index in [4.69, 9.17) is 20.7 Å². The van der Waals surface area contributed by atoms with E-state index in [1.807, 2.05) is 0 Å². The molecule has 4 aromatic rings. The Morgan fingerprint density at radius 1 is 1.22 bits per heavy atom. The van der Waals surface area contributed by atoms with Gasteiger partial charge in [0.15, 0.2) is 23.9 Å². The van der Waals surface area contributed by atoms with Gasteiger partial charge in [0.1, 0.15) is 5.82 Å². The van der Waals surface area contributed by atoms with Gasteiger partial charge < -0.3 is 25.5 Å². The number of hydrogen-bond donors (Lipinski definition) is 2. The van der Waals surface area contributed by atoms with Crippen LogP contribution in [0.5, 0.6) is 0 Å². The van der Waals surface area contributed by atoms with Crippen molar-refractivity contribution in [2.24, 2.45) is 0 Å². The number of benzene rings is 1. The van der Waals surface area contributed by atoms with E-state index < -0.39 is 12.0 Å². The number of pyridine rings is 1. The molecule has 4 rings (SSSR count). The van der Waals surface area contributed by atoms with Crippen LogP contribution in [0.3, 0.4) is 0 Å². The summed E-state index contributed by atoms with van der Waals surface area (Å²) in [6.45, 7) is 1.15. The topological polar surface area (TPSA) is 161 Å². The molecule has 0 saturated heterocycles. The van der Waals surface area contributed by atoms with E-state index in [0.717, 1.165) is 6.07 Å². The molecule has 164 valence electrons. The smallest absolute Gasteiger partial charge is 0.438 e. The monoisotopic (exact) mass is 440 g/mol. The SMILES string of the molecule is COC(=O)OCn1cc(-c2cnc(-c3cc(C(C)=O)c(N)cc3F)c3c(N)noc23)cn1. The van der Waals surface area contributed by atoms with Gasteiger partial charge in [0.05, 0.1) is 24.4 Å². The van der Waals surface area contributed by atoms with Gasteiger partial charge >= 0.3 is 6.16 Å². The number of rotatable bonds is 5. The first kappa shape index (κ1) is 20.8. The van der Waals surface area contributed by atoms with Gasteiger partial charge in [-0.2, -0.15) is 5.10 Å². The van der Waals surface area contributed by atoms with Crippen LogP contribution in [0.25, 0.3) is 33.4 Å². The number of nitrogens with zero attached hydrogens (tertiary/aromatic N) is 4. The lowest BCUT2D eigenvalue weighted by Crippen LogP contribution is -2.09. The Morgan fingerprint density at radius 2 is 2.00 bits per heavy atom. The van der Waals surface area contributed by atoms with Gasteiger partial charge in [0, 0.05) is 40.3 Å². The lowest BCUT2D eigenvalue weighted by molar-refractivity contribution is 0.0448. The van der Waals surface area contributed by atoms with Gasteiger partial charge in [-0.3, -0.25) is 9.78 Å². The first-order chi connectivity index (χ1) is 15.3. The van der Waals surface area contributed by atoms with Crippen molar-refractivity contribution in [2.45, 2.75) is 13.7 Å². The Bertz CT molecular complexity index is 1360. The minimum Gasteiger partial charge on any atom is -0.438 e. The zero-order chi connectivity index (χ0) is 23.0. The second-order valence-corrected chi connectivity index (χ2v) is 6.76. The number of Topliss-reactive ketones (excluding diaryl/α,β-unsaturated/α-hetero) is 1. The zero-order valence-electron chi connectivity index (χ0n) is 17.0. The molecule has 0 saturated carbocycles. The Morgan fingerprint density at radius 3 is 2.72 bits per heavy atom. The molecule has 1 aromatic carbocycles. The van der Waals surface area contributed by atoms with Crippen LogP contribution in [-0.2, 0) is 16.2 Å². The Balaban J connectivity index is 1.81. The third-order valence-corrected chi connectivity index (χ3v) is 4.72. The summed E-state index contributed by atoms with van der Waals surface area (Å²) in [6.07, 6.45) is 3.66. The predicted molar refractivity (Wildman–Crippen MR) is 111 cm³/mol. The van der Waals surface area contributed by atoms with Crippen molar-refractivity contribution in [1.82, 2.24) is 19.9 Å². The van der Waals surface area contributed by atoms with Crippen LogP contribution < -0.4 is 11.5 Å². The molecule has 0 aliphatic carbocycles. The Labute approximate surface area is 179 Å². The van der Waals surface area contributed by atoms with Crippen LogP contribution in [0.1, 0.15) is 17.3 Å². The second kappa shape index (κ2) is 7.98. The summed E-state index contributed by atoms with van der Waals surface area (Å²) in [7, 11) is 1.19. The van der Waals surface area contributed by atoms with Crippen molar-refractivity contribution < 1.29 is 28.0 Å². The molecule has 0 amide bonds. The van der Waals surface area contributed by atoms with Crippen LogP contribution in [0.2, 0.25) is 0 Å². The summed E-state index contributed by atoms with van der Waals surface area (Å²) in [5.41, 5.74) is 13.4. The summed E-state index contributed by atoms with van der Waals surface area (Å²) < 4.78 is 30.8. The summed E-state index contributed by atoms with van der Waals surface area (Å²) in [5, 5.41) is 8.15. The third-order valence-electron chi connectivity index (χ3n) is 4.72. The fourth-order valence-electron chi connectivity index (χ4n) is 3.20. The highest BCUT2D eigenvalue weighted by molar-refractivity contribution is 6.06. The van der Waals surface area contributed by atoms with E-state index in [9.17, 15) is 14.0 Å². The number of nitrogens with two attached hydrogens (primary N) is 2. The van der Waals surface area contributed by atoms with E-state index >= 15 is 0 Å². The van der Waals surface area contributed by atoms with E-state index in [-0.39, 0.29) is 51.8 Å². The molecule has 12 heteroatoms. The van der Waals surface area contributed by atoms with Gasteiger partial charge in [-0.25, -0.2) is 13.9 Å². The van der Waals surface area contributed by atoms with Crippen molar-refractivity contribution in [3.8, 4) is 22.4 Å². The number of anilines is 2. The molecule has 0 aliphatic rings. The molecule has 4 N–H and O–H groups in total. The molecule has 11 nitrogen and oxygen atoms in total. The minimum atomic E-state index is -0.853. The van der Waals surface area contributed by atoms with E-state index in [0.29, 0.717) is 11.1 Å². The number of carbonyl (C=O) groups is 2. The van der Waals surface area contributed by atoms with Crippen molar-refractivity contribution >= 4 is 34.4 Å². The second-order valence-electron chi connectivity index (χ2n) is 6.76. The van der Waals surface area contributed by atoms with E-state index in [1.54, 1.807) is 6.20 Å². The molecule has 32 heavy (non-hydrogen) atoms. The molecule has 0 unspecified atom stereocenters. The maximum atomic E-state index is 14.8. The number of nitrogen functional groups attached to an aromatic ring is 2. The maximum Gasteiger partial charge on any atom is 0.509 e. The van der Waals surface area contributed by atoms with Gasteiger partial charge in [-0.1, -0.05) is 5.16 Å². The Hall–Kier alpha value is -4.48. The van der Waals surface area contributed by atoms with Crippen LogP contribution in [0.15, 0.2) is 35.2 Å². The molecule has 0 spiro atoms. The number of fused-ring (bicyclic) bond motifs is 1. The highest BCUT2D eigenvalue weighted by atomic mass is 19.1. The fourth-order valence-corrected chi connectivity index (χ4v) is 3.20. The number of halogens is 1. The Kier molecular flexibility index (Phi) is 5.18. The maximum absolute atomic E-state index is 14.8. The van der Waals surface area contributed by atoms with Crippen LogP contribution >= 0.6 is 0 Å². The first-order valence-corrected chi connectivity index (χ1v) is 9.18. The van der Waals surface area contributed by atoms with Crippen LogP contribution in [0.4, 0.5) is 20.7 Å². The molecule has 0 atom stereocenters. The molecule has 0 aliphatic heterocycles. The normalized spacial score (nSPS) is 11.0. The fraction of sp³-hybridized carbons (Fsp3) is 0.150. The largest absolute Gasteiger partial charge is 0.509 e. The molecule has 0 bridgehead atoms. The summed E-state index contributed by atoms with van der Waals surface area (Å²) in [4.78, 5) is 27.4. The molecular formula is C20H17FN6O5. The predicted octanol–water partition coefficient (Wildman–Crippen LogP) is 3.00. The summed E-state index contributed by atoms with van der Waals surface area (Å²) >= 11 is 0. The number of aromatic nitrogens is 4. The first-order valence-electron chi connectivity index (χ1n) is 9.18. The van der Waals surface area contributed by atoms with Crippen molar-refractivity contribution in [3.05, 3.63) is 42.1 Å². The molecule has 3 aromatic heterocycles. The zero-order valence-corrected chi connectivity index (χ0v) is 17.0. The van der Waals surface area contributed by atoms with Gasteiger partial charge in [0.2, 0.25) is 0 Å². The quantitative estimate of drug-likeness (QED) is 0.268. The highest BCUT2D eigenvalue weighted by Crippen LogP contribution is 2.38. The van der Waals surface area contributed by atoms with Crippen LogP contribution in [0, 0.1) is 5.82 Å². The standard InChI is InChI=1S/C20H17FN6O5/c1-9(28)11-3-12(14(21)4-15(11)22)17-16-18(32-26-19(16)23)13(6-24-17)10-5-25-27(7-10)8-31-20(29)30-2/h3-7H,8,22H2,1-2H3,(H2,23,26). The summed E-state index contributed by atoms with van der Waals surface area (Å²) in [6, 6.07) is 2.38. The molecule has 0 fully saturated rings. The van der Waals surface area contributed by atoms with Crippen molar-refractivity contribution in [2.75, 3.05) is 18.6 Å². The lowest BCUT2D eigenvalue weighted by atomic mass is 9.99. The highest BCUT2D eigenvalue weighted by Gasteiger charge is 2.22. The number of ketones is 1. The average molecular weight is 440 g/mol. The van der Waals surface area contributed by atoms with Gasteiger partial charge in [-0.05, 0) is 19.1 Å². The molecule has 0 radical (unpaired) electrons. The lowest BCUT2D eigenvalue weighted by Gasteiger charge is -2.10. The average Bonchev–Trinajstić information content (AvgIpc) is 3.39. The summed E-state index contributed by atoms with van der Waals surface area (Å²) in [5.74, 6) is -1.01. The number of hydrogen-bond acceptors (Lipinski definition) is 10. The van der Waals surface area contributed by atoms with Gasteiger partial charge in [0.25, 0.3) is 0 Å². The van der Waals surface area contributed by atoms with Crippen molar-refractivity contribution in [3.63, 3.8) is 0 Å². The number of methoxy groups -OCH3 is 1. The molecule has 3 heterocycles. The van der Waals surface area contributed by atoms with Crippen LogP contribution in [-0.4, -0.2) is 39.0 Å². The minimum absolute atomic E-state index is 0.00799. The third kappa shape index (κ3) is 3.57. The number of ether oxygens (including phenoxy) is 2. The van der Waals surface area contributed by atoms with Crippen molar-refractivity contribution in [1.29, 1.82) is 0 Å². The van der Waals surface area contributed by atoms with E-state index in [2.05, 4.69) is 20.0 Å². The van der Waals surface area contributed by atoms with E-state index in [1.165, 1.54) is 37.2 Å². The van der Waals surface area contributed by atoms with Gasteiger partial charge in [-0.15, -0.1) is 0 Å².